The Morgan fingerprint density at radius 3 is 2.67 bits per heavy atom. The van der Waals surface area contributed by atoms with Gasteiger partial charge in [-0.05, 0) is 38.0 Å². The number of anilines is 1. The number of carbonyl (C=O) groups is 1. The van der Waals surface area contributed by atoms with Crippen molar-refractivity contribution in [2.75, 3.05) is 5.32 Å². The minimum Gasteiger partial charge on any atom is -0.296 e. The fourth-order valence-electron chi connectivity index (χ4n) is 2.41. The standard InChI is InChI=1S/C15H16N4OS/c1-8-5-9(2)12-11(6-8)21-15(16-12)17-14(20)13-10(3)7-19(4)18-13/h5-7H,1-4H3,(H,16,17,20). The number of hydrogen-bond donors (Lipinski definition) is 1. The maximum Gasteiger partial charge on any atom is 0.278 e. The molecule has 108 valence electrons. The maximum absolute atomic E-state index is 12.3. The van der Waals surface area contributed by atoms with E-state index in [0.29, 0.717) is 10.8 Å². The molecule has 6 heteroatoms. The average Bonchev–Trinajstić information content (AvgIpc) is 2.92. The molecule has 1 amide bonds. The van der Waals surface area contributed by atoms with Crippen molar-refractivity contribution in [3.8, 4) is 0 Å². The van der Waals surface area contributed by atoms with E-state index in [9.17, 15) is 4.79 Å². The fraction of sp³-hybridized carbons (Fsp3) is 0.267. The van der Waals surface area contributed by atoms with Crippen molar-refractivity contribution in [3.63, 3.8) is 0 Å². The van der Waals surface area contributed by atoms with E-state index in [0.717, 1.165) is 21.3 Å². The molecule has 1 aromatic carbocycles. The highest BCUT2D eigenvalue weighted by Crippen LogP contribution is 2.29. The molecule has 0 radical (unpaired) electrons. The van der Waals surface area contributed by atoms with Gasteiger partial charge in [0.2, 0.25) is 0 Å². The van der Waals surface area contributed by atoms with E-state index in [1.807, 2.05) is 20.0 Å². The maximum atomic E-state index is 12.3. The average molecular weight is 300 g/mol. The zero-order valence-electron chi connectivity index (χ0n) is 12.4. The van der Waals surface area contributed by atoms with Crippen molar-refractivity contribution < 1.29 is 4.79 Å². The summed E-state index contributed by atoms with van der Waals surface area (Å²) in [6, 6.07) is 4.18. The Morgan fingerprint density at radius 2 is 2.00 bits per heavy atom. The number of carbonyl (C=O) groups excluding carboxylic acids is 1. The van der Waals surface area contributed by atoms with Crippen LogP contribution in [0.5, 0.6) is 0 Å². The summed E-state index contributed by atoms with van der Waals surface area (Å²) < 4.78 is 2.72. The van der Waals surface area contributed by atoms with Gasteiger partial charge in [-0.25, -0.2) is 4.98 Å². The number of aryl methyl sites for hydroxylation is 4. The Labute approximate surface area is 126 Å². The predicted octanol–water partition coefficient (Wildman–Crippen LogP) is 3.21. The summed E-state index contributed by atoms with van der Waals surface area (Å²) in [5, 5.41) is 7.62. The van der Waals surface area contributed by atoms with Crippen molar-refractivity contribution in [3.05, 3.63) is 40.7 Å². The minimum absolute atomic E-state index is 0.221. The Morgan fingerprint density at radius 1 is 1.24 bits per heavy atom. The molecule has 0 saturated heterocycles. The number of fused-ring (bicyclic) bond motifs is 1. The smallest absolute Gasteiger partial charge is 0.278 e. The quantitative estimate of drug-likeness (QED) is 0.790. The fourth-order valence-corrected chi connectivity index (χ4v) is 3.45. The Bertz CT molecular complexity index is 847. The van der Waals surface area contributed by atoms with Crippen LogP contribution in [0.25, 0.3) is 10.2 Å². The van der Waals surface area contributed by atoms with Gasteiger partial charge in [-0.3, -0.25) is 14.8 Å². The van der Waals surface area contributed by atoms with Crippen LogP contribution in [0.15, 0.2) is 18.3 Å². The summed E-state index contributed by atoms with van der Waals surface area (Å²) in [6.45, 7) is 5.96. The molecule has 0 atom stereocenters. The van der Waals surface area contributed by atoms with Crippen molar-refractivity contribution >= 4 is 32.6 Å². The number of benzene rings is 1. The summed E-state index contributed by atoms with van der Waals surface area (Å²) in [6.07, 6.45) is 1.82. The molecule has 0 aliphatic carbocycles. The van der Waals surface area contributed by atoms with Gasteiger partial charge in [-0.15, -0.1) is 0 Å². The van der Waals surface area contributed by atoms with Crippen molar-refractivity contribution in [2.45, 2.75) is 20.8 Å². The SMILES string of the molecule is Cc1cc(C)c2nc(NC(=O)c3nn(C)cc3C)sc2c1. The Kier molecular flexibility index (Phi) is 3.25. The number of nitrogens with zero attached hydrogens (tertiary/aromatic N) is 3. The van der Waals surface area contributed by atoms with Crippen LogP contribution in [0.2, 0.25) is 0 Å². The normalized spacial score (nSPS) is 11.0. The molecule has 3 aromatic rings. The van der Waals surface area contributed by atoms with E-state index in [4.69, 9.17) is 0 Å². The van der Waals surface area contributed by atoms with Crippen LogP contribution in [0.1, 0.15) is 27.2 Å². The molecule has 0 aliphatic rings. The first-order valence-electron chi connectivity index (χ1n) is 6.63. The molecule has 0 spiro atoms. The minimum atomic E-state index is -0.221. The van der Waals surface area contributed by atoms with Crippen LogP contribution >= 0.6 is 11.3 Å². The largest absolute Gasteiger partial charge is 0.296 e. The van der Waals surface area contributed by atoms with Crippen molar-refractivity contribution in [1.82, 2.24) is 14.8 Å². The number of amides is 1. The first-order valence-corrected chi connectivity index (χ1v) is 7.45. The molecule has 5 nitrogen and oxygen atoms in total. The predicted molar refractivity (Wildman–Crippen MR) is 85.0 cm³/mol. The van der Waals surface area contributed by atoms with Gasteiger partial charge in [-0.1, -0.05) is 17.4 Å². The van der Waals surface area contributed by atoms with E-state index in [1.165, 1.54) is 16.9 Å². The second kappa shape index (κ2) is 4.96. The Hall–Kier alpha value is -2.21. The summed E-state index contributed by atoms with van der Waals surface area (Å²) in [5.74, 6) is -0.221. The van der Waals surface area contributed by atoms with Gasteiger partial charge < -0.3 is 0 Å². The van der Waals surface area contributed by atoms with Gasteiger partial charge >= 0.3 is 0 Å². The molecule has 0 aliphatic heterocycles. The highest BCUT2D eigenvalue weighted by atomic mass is 32.1. The highest BCUT2D eigenvalue weighted by molar-refractivity contribution is 7.22. The van der Waals surface area contributed by atoms with Crippen LogP contribution in [-0.4, -0.2) is 20.7 Å². The lowest BCUT2D eigenvalue weighted by Gasteiger charge is -1.98. The summed E-state index contributed by atoms with van der Waals surface area (Å²) in [4.78, 5) is 16.8. The van der Waals surface area contributed by atoms with Gasteiger partial charge in [-0.2, -0.15) is 5.10 Å². The van der Waals surface area contributed by atoms with Gasteiger partial charge in [0.25, 0.3) is 5.91 Å². The number of rotatable bonds is 2. The van der Waals surface area contributed by atoms with Crippen molar-refractivity contribution in [1.29, 1.82) is 0 Å². The first kappa shape index (κ1) is 13.8. The molecule has 2 aromatic heterocycles. The number of hydrogen-bond acceptors (Lipinski definition) is 4. The lowest BCUT2D eigenvalue weighted by Crippen LogP contribution is -2.13. The molecular weight excluding hydrogens is 284 g/mol. The molecule has 1 N–H and O–H groups in total. The second-order valence-corrected chi connectivity index (χ2v) is 6.27. The van der Waals surface area contributed by atoms with Crippen LogP contribution < -0.4 is 5.32 Å². The molecule has 21 heavy (non-hydrogen) atoms. The van der Waals surface area contributed by atoms with Crippen LogP contribution in [0.3, 0.4) is 0 Å². The number of thiazole rings is 1. The molecule has 0 saturated carbocycles. The third kappa shape index (κ3) is 2.54. The van der Waals surface area contributed by atoms with Crippen LogP contribution in [0, 0.1) is 20.8 Å². The molecule has 0 unspecified atom stereocenters. The van der Waals surface area contributed by atoms with Gasteiger partial charge in [0.15, 0.2) is 10.8 Å². The summed E-state index contributed by atoms with van der Waals surface area (Å²) in [7, 11) is 1.80. The van der Waals surface area contributed by atoms with E-state index in [2.05, 4.69) is 34.5 Å². The molecule has 0 bridgehead atoms. The van der Waals surface area contributed by atoms with E-state index >= 15 is 0 Å². The van der Waals surface area contributed by atoms with Gasteiger partial charge in [0, 0.05) is 18.8 Å². The van der Waals surface area contributed by atoms with E-state index < -0.39 is 0 Å². The third-order valence-electron chi connectivity index (χ3n) is 3.28. The second-order valence-electron chi connectivity index (χ2n) is 5.24. The van der Waals surface area contributed by atoms with Crippen LogP contribution in [-0.2, 0) is 7.05 Å². The van der Waals surface area contributed by atoms with E-state index in [1.54, 1.807) is 11.7 Å². The molecular formula is C15H16N4OS. The summed E-state index contributed by atoms with van der Waals surface area (Å²) >= 11 is 1.48. The Balaban J connectivity index is 1.93. The van der Waals surface area contributed by atoms with E-state index in [-0.39, 0.29) is 5.91 Å². The third-order valence-corrected chi connectivity index (χ3v) is 4.19. The lowest BCUT2D eigenvalue weighted by atomic mass is 10.1. The molecule has 3 rings (SSSR count). The van der Waals surface area contributed by atoms with Crippen molar-refractivity contribution in [2.24, 2.45) is 7.05 Å². The highest BCUT2D eigenvalue weighted by Gasteiger charge is 2.15. The van der Waals surface area contributed by atoms with Gasteiger partial charge in [0.1, 0.15) is 0 Å². The number of nitrogens with one attached hydrogen (secondary N) is 1. The van der Waals surface area contributed by atoms with Gasteiger partial charge in [0.05, 0.1) is 10.2 Å². The number of aromatic nitrogens is 3. The monoisotopic (exact) mass is 300 g/mol. The zero-order valence-corrected chi connectivity index (χ0v) is 13.2. The zero-order chi connectivity index (χ0) is 15.1. The first-order chi connectivity index (χ1) is 9.94. The summed E-state index contributed by atoms with van der Waals surface area (Å²) in [5.41, 5.74) is 4.55. The topological polar surface area (TPSA) is 59.8 Å². The lowest BCUT2D eigenvalue weighted by molar-refractivity contribution is 0.102. The van der Waals surface area contributed by atoms with Crippen LogP contribution in [0.4, 0.5) is 5.13 Å². The molecule has 0 fully saturated rings. The molecule has 2 heterocycles.